The van der Waals surface area contributed by atoms with Gasteiger partial charge in [0.1, 0.15) is 10.8 Å². The van der Waals surface area contributed by atoms with Crippen LogP contribution in [0, 0.1) is 11.7 Å². The first-order valence-electron chi connectivity index (χ1n) is 9.34. The highest BCUT2D eigenvalue weighted by Gasteiger charge is 2.26. The molecule has 2 heterocycles. The molecular weight excluding hydrogens is 395 g/mol. The van der Waals surface area contributed by atoms with Gasteiger partial charge in [-0.05, 0) is 55.1 Å². The van der Waals surface area contributed by atoms with Crippen molar-refractivity contribution in [2.45, 2.75) is 19.4 Å². The Kier molecular flexibility index (Phi) is 6.95. The van der Waals surface area contributed by atoms with Gasteiger partial charge in [-0.25, -0.2) is 4.39 Å². The fourth-order valence-electron chi connectivity index (χ4n) is 3.26. The minimum absolute atomic E-state index is 0.0249. The first-order valence-corrected chi connectivity index (χ1v) is 10.2. The third-order valence-corrected chi connectivity index (χ3v) is 5.72. The molecule has 0 spiro atoms. The SMILES string of the molecule is NC(=O)c1ccsc1NC(=O)CN1CCC(C(=O)NCc2ccc(F)cc2)CC1. The number of anilines is 1. The summed E-state index contributed by atoms with van der Waals surface area (Å²) in [4.78, 5) is 37.9. The Morgan fingerprint density at radius 2 is 1.83 bits per heavy atom. The van der Waals surface area contributed by atoms with Gasteiger partial charge in [0.15, 0.2) is 0 Å². The van der Waals surface area contributed by atoms with Gasteiger partial charge >= 0.3 is 0 Å². The number of nitrogens with zero attached hydrogens (tertiary/aromatic N) is 1. The second-order valence-corrected chi connectivity index (χ2v) is 7.89. The topological polar surface area (TPSA) is 105 Å². The molecule has 1 aliphatic heterocycles. The number of carbonyl (C=O) groups excluding carboxylic acids is 3. The van der Waals surface area contributed by atoms with E-state index in [2.05, 4.69) is 10.6 Å². The number of thiophene rings is 1. The zero-order valence-corrected chi connectivity index (χ0v) is 16.6. The molecule has 2 aromatic rings. The van der Waals surface area contributed by atoms with Crippen LogP contribution in [0.25, 0.3) is 0 Å². The summed E-state index contributed by atoms with van der Waals surface area (Å²) in [5, 5.41) is 7.77. The lowest BCUT2D eigenvalue weighted by atomic mass is 9.96. The lowest BCUT2D eigenvalue weighted by Gasteiger charge is -2.30. The number of nitrogens with one attached hydrogen (secondary N) is 2. The van der Waals surface area contributed by atoms with Gasteiger partial charge in [-0.3, -0.25) is 19.3 Å². The van der Waals surface area contributed by atoms with Crippen molar-refractivity contribution >= 4 is 34.1 Å². The standard InChI is InChI=1S/C20H23FN4O3S/c21-15-3-1-13(2-4-15)11-23-19(28)14-5-8-25(9-6-14)12-17(26)24-20-16(18(22)27)7-10-29-20/h1-4,7,10,14H,5-6,8-9,11-12H2,(H2,22,27)(H,23,28)(H,24,26). The Balaban J connectivity index is 1.41. The quantitative estimate of drug-likeness (QED) is 0.639. The molecule has 1 aromatic heterocycles. The van der Waals surface area contributed by atoms with Gasteiger partial charge < -0.3 is 16.4 Å². The van der Waals surface area contributed by atoms with Crippen LogP contribution in [0.2, 0.25) is 0 Å². The Labute approximate surface area is 172 Å². The predicted octanol–water partition coefficient (Wildman–Crippen LogP) is 1.95. The van der Waals surface area contributed by atoms with E-state index in [9.17, 15) is 18.8 Å². The number of hydrogen-bond donors (Lipinski definition) is 3. The Morgan fingerprint density at radius 1 is 1.14 bits per heavy atom. The molecule has 0 unspecified atom stereocenters. The summed E-state index contributed by atoms with van der Waals surface area (Å²) in [6, 6.07) is 7.61. The van der Waals surface area contributed by atoms with Crippen molar-refractivity contribution in [2.75, 3.05) is 25.0 Å². The van der Waals surface area contributed by atoms with Crippen LogP contribution in [0.5, 0.6) is 0 Å². The lowest BCUT2D eigenvalue weighted by molar-refractivity contribution is -0.126. The average Bonchev–Trinajstić information content (AvgIpc) is 3.16. The molecule has 7 nitrogen and oxygen atoms in total. The molecule has 0 aliphatic carbocycles. The van der Waals surface area contributed by atoms with Crippen molar-refractivity contribution in [3.05, 3.63) is 52.7 Å². The maximum absolute atomic E-state index is 12.9. The maximum Gasteiger partial charge on any atom is 0.251 e. The van der Waals surface area contributed by atoms with Gasteiger partial charge in [-0.15, -0.1) is 11.3 Å². The molecule has 0 saturated carbocycles. The summed E-state index contributed by atoms with van der Waals surface area (Å²) in [5.74, 6) is -1.22. The van der Waals surface area contributed by atoms with Crippen LogP contribution in [0.15, 0.2) is 35.7 Å². The molecule has 3 amide bonds. The highest BCUT2D eigenvalue weighted by atomic mass is 32.1. The fraction of sp³-hybridized carbons (Fsp3) is 0.350. The highest BCUT2D eigenvalue weighted by molar-refractivity contribution is 7.14. The summed E-state index contributed by atoms with van der Waals surface area (Å²) in [7, 11) is 0. The van der Waals surface area contributed by atoms with Crippen LogP contribution >= 0.6 is 11.3 Å². The van der Waals surface area contributed by atoms with E-state index in [0.717, 1.165) is 5.56 Å². The second kappa shape index (κ2) is 9.62. The number of piperidine rings is 1. The van der Waals surface area contributed by atoms with Crippen LogP contribution in [-0.2, 0) is 16.1 Å². The van der Waals surface area contributed by atoms with Crippen molar-refractivity contribution in [2.24, 2.45) is 11.7 Å². The maximum atomic E-state index is 12.9. The molecule has 3 rings (SSSR count). The minimum Gasteiger partial charge on any atom is -0.366 e. The van der Waals surface area contributed by atoms with Crippen molar-refractivity contribution in [3.8, 4) is 0 Å². The number of benzene rings is 1. The van der Waals surface area contributed by atoms with Crippen LogP contribution in [0.3, 0.4) is 0 Å². The molecule has 1 fully saturated rings. The predicted molar refractivity (Wildman–Crippen MR) is 109 cm³/mol. The van der Waals surface area contributed by atoms with E-state index >= 15 is 0 Å². The average molecular weight is 418 g/mol. The van der Waals surface area contributed by atoms with Crippen LogP contribution < -0.4 is 16.4 Å². The summed E-state index contributed by atoms with van der Waals surface area (Å²) in [5.41, 5.74) is 6.43. The summed E-state index contributed by atoms with van der Waals surface area (Å²) in [6.07, 6.45) is 1.32. The van der Waals surface area contributed by atoms with Gasteiger partial charge in [0.2, 0.25) is 11.8 Å². The number of carbonyl (C=O) groups is 3. The molecule has 0 atom stereocenters. The van der Waals surface area contributed by atoms with Crippen molar-refractivity contribution in [3.63, 3.8) is 0 Å². The first kappa shape index (κ1) is 20.9. The number of amides is 3. The van der Waals surface area contributed by atoms with Gasteiger partial charge in [0.25, 0.3) is 5.91 Å². The zero-order chi connectivity index (χ0) is 20.8. The molecule has 29 heavy (non-hydrogen) atoms. The largest absolute Gasteiger partial charge is 0.366 e. The van der Waals surface area contributed by atoms with Gasteiger partial charge in [0, 0.05) is 12.5 Å². The number of nitrogens with two attached hydrogens (primary N) is 1. The Hall–Kier alpha value is -2.78. The Morgan fingerprint density at radius 3 is 2.48 bits per heavy atom. The van der Waals surface area contributed by atoms with Crippen LogP contribution in [0.1, 0.15) is 28.8 Å². The smallest absolute Gasteiger partial charge is 0.251 e. The van der Waals surface area contributed by atoms with E-state index in [1.807, 2.05) is 4.90 Å². The van der Waals surface area contributed by atoms with Crippen LogP contribution in [0.4, 0.5) is 9.39 Å². The fourth-order valence-corrected chi connectivity index (χ4v) is 4.07. The van der Waals surface area contributed by atoms with E-state index in [4.69, 9.17) is 5.73 Å². The van der Waals surface area contributed by atoms with Crippen LogP contribution in [-0.4, -0.2) is 42.3 Å². The molecule has 1 aromatic carbocycles. The normalized spacial score (nSPS) is 15.1. The first-order chi connectivity index (χ1) is 13.9. The molecule has 4 N–H and O–H groups in total. The molecule has 0 bridgehead atoms. The minimum atomic E-state index is -0.575. The summed E-state index contributed by atoms with van der Waals surface area (Å²) < 4.78 is 12.9. The number of likely N-dealkylation sites (tertiary alicyclic amines) is 1. The van der Waals surface area contributed by atoms with E-state index in [0.29, 0.717) is 43.0 Å². The Bertz CT molecular complexity index is 876. The van der Waals surface area contributed by atoms with Crippen molar-refractivity contribution in [1.29, 1.82) is 0 Å². The second-order valence-electron chi connectivity index (χ2n) is 6.97. The van der Waals surface area contributed by atoms with Crippen molar-refractivity contribution < 1.29 is 18.8 Å². The van der Waals surface area contributed by atoms with E-state index < -0.39 is 5.91 Å². The molecule has 154 valence electrons. The summed E-state index contributed by atoms with van der Waals surface area (Å²) >= 11 is 1.25. The third-order valence-electron chi connectivity index (χ3n) is 4.89. The summed E-state index contributed by atoms with van der Waals surface area (Å²) in [6.45, 7) is 1.83. The monoisotopic (exact) mass is 418 g/mol. The molecule has 9 heteroatoms. The van der Waals surface area contributed by atoms with Gasteiger partial charge in [-0.2, -0.15) is 0 Å². The van der Waals surface area contributed by atoms with Gasteiger partial charge in [0.05, 0.1) is 12.1 Å². The molecule has 0 radical (unpaired) electrons. The third kappa shape index (κ3) is 5.85. The number of rotatable bonds is 7. The zero-order valence-electron chi connectivity index (χ0n) is 15.8. The van der Waals surface area contributed by atoms with E-state index in [-0.39, 0.29) is 30.1 Å². The number of halogens is 1. The number of primary amides is 1. The molecule has 1 saturated heterocycles. The number of hydrogen-bond acceptors (Lipinski definition) is 5. The van der Waals surface area contributed by atoms with Crippen molar-refractivity contribution in [1.82, 2.24) is 10.2 Å². The highest BCUT2D eigenvalue weighted by Crippen LogP contribution is 2.23. The van der Waals surface area contributed by atoms with E-state index in [1.54, 1.807) is 23.6 Å². The lowest BCUT2D eigenvalue weighted by Crippen LogP contribution is -2.43. The van der Waals surface area contributed by atoms with Gasteiger partial charge in [-0.1, -0.05) is 12.1 Å². The molecule has 1 aliphatic rings. The van der Waals surface area contributed by atoms with E-state index in [1.165, 1.54) is 23.5 Å². The molecular formula is C20H23FN4O3S.